The van der Waals surface area contributed by atoms with Crippen molar-refractivity contribution in [2.24, 2.45) is 5.16 Å². The molecule has 0 aliphatic carbocycles. The number of nitrogens with zero attached hydrogens (tertiary/aromatic N) is 1. The summed E-state index contributed by atoms with van der Waals surface area (Å²) in [7, 11) is 0. The third-order valence-electron chi connectivity index (χ3n) is 2.30. The first-order chi connectivity index (χ1) is 7.65. The number of rotatable bonds is 1. The summed E-state index contributed by atoms with van der Waals surface area (Å²) >= 11 is 0. The Labute approximate surface area is 90.2 Å². The molecule has 16 heavy (non-hydrogen) atoms. The average molecular weight is 219 g/mol. The SMILES string of the molecule is C/C(=N\O)c1c(O)c2ccccc2oc1=O. The first kappa shape index (κ1) is 10.2. The fourth-order valence-corrected chi connectivity index (χ4v) is 1.50. The van der Waals surface area contributed by atoms with Gasteiger partial charge < -0.3 is 14.7 Å². The Morgan fingerprint density at radius 2 is 2.06 bits per heavy atom. The lowest BCUT2D eigenvalue weighted by Gasteiger charge is -2.04. The van der Waals surface area contributed by atoms with Crippen LogP contribution in [0.5, 0.6) is 5.75 Å². The fraction of sp³-hybridized carbons (Fsp3) is 0.0909. The van der Waals surface area contributed by atoms with Crippen LogP contribution in [0.25, 0.3) is 11.0 Å². The van der Waals surface area contributed by atoms with Crippen molar-refractivity contribution >= 4 is 16.7 Å². The van der Waals surface area contributed by atoms with E-state index in [1.165, 1.54) is 6.92 Å². The quantitative estimate of drug-likeness (QED) is 0.331. The molecule has 0 amide bonds. The predicted octanol–water partition coefficient (Wildman–Crippen LogP) is 1.70. The lowest BCUT2D eigenvalue weighted by molar-refractivity contribution is 0.318. The zero-order valence-corrected chi connectivity index (χ0v) is 8.47. The topological polar surface area (TPSA) is 83.0 Å². The van der Waals surface area contributed by atoms with E-state index in [2.05, 4.69) is 5.16 Å². The van der Waals surface area contributed by atoms with E-state index < -0.39 is 5.63 Å². The summed E-state index contributed by atoms with van der Waals surface area (Å²) in [6.07, 6.45) is 0. The highest BCUT2D eigenvalue weighted by molar-refractivity contribution is 6.04. The number of benzene rings is 1. The van der Waals surface area contributed by atoms with Gasteiger partial charge in [-0.05, 0) is 19.1 Å². The smallest absolute Gasteiger partial charge is 0.349 e. The Hall–Kier alpha value is -2.30. The average Bonchev–Trinajstić information content (AvgIpc) is 2.28. The summed E-state index contributed by atoms with van der Waals surface area (Å²) in [4.78, 5) is 11.5. The second-order valence-electron chi connectivity index (χ2n) is 3.29. The Balaban J connectivity index is 2.92. The molecule has 5 heteroatoms. The molecule has 2 rings (SSSR count). The molecule has 82 valence electrons. The maximum Gasteiger partial charge on any atom is 0.349 e. The second kappa shape index (κ2) is 3.69. The van der Waals surface area contributed by atoms with E-state index in [-0.39, 0.29) is 17.0 Å². The molecule has 0 unspecified atom stereocenters. The predicted molar refractivity (Wildman–Crippen MR) is 58.1 cm³/mol. The molecule has 0 aliphatic rings. The van der Waals surface area contributed by atoms with Crippen LogP contribution in [0.4, 0.5) is 0 Å². The molecule has 0 bridgehead atoms. The van der Waals surface area contributed by atoms with Crippen LogP contribution in [0, 0.1) is 0 Å². The number of fused-ring (bicyclic) bond motifs is 1. The van der Waals surface area contributed by atoms with Crippen LogP contribution in [-0.4, -0.2) is 16.0 Å². The lowest BCUT2D eigenvalue weighted by Crippen LogP contribution is -2.12. The molecule has 0 fully saturated rings. The zero-order chi connectivity index (χ0) is 11.7. The van der Waals surface area contributed by atoms with Crippen molar-refractivity contribution in [3.8, 4) is 5.75 Å². The first-order valence-corrected chi connectivity index (χ1v) is 4.59. The summed E-state index contributed by atoms with van der Waals surface area (Å²) in [5, 5.41) is 21.8. The normalized spacial score (nSPS) is 11.9. The molecule has 0 saturated carbocycles. The van der Waals surface area contributed by atoms with E-state index in [1.807, 2.05) is 0 Å². The van der Waals surface area contributed by atoms with Gasteiger partial charge in [-0.2, -0.15) is 0 Å². The highest BCUT2D eigenvalue weighted by Gasteiger charge is 2.16. The molecular weight excluding hydrogens is 210 g/mol. The minimum atomic E-state index is -0.730. The number of para-hydroxylation sites is 1. The molecule has 0 spiro atoms. The number of hydrogen-bond donors (Lipinski definition) is 2. The first-order valence-electron chi connectivity index (χ1n) is 4.59. The molecule has 2 N–H and O–H groups in total. The van der Waals surface area contributed by atoms with Gasteiger partial charge in [-0.25, -0.2) is 4.79 Å². The molecule has 0 saturated heterocycles. The van der Waals surface area contributed by atoms with Crippen molar-refractivity contribution < 1.29 is 14.7 Å². The van der Waals surface area contributed by atoms with Crippen LogP contribution in [0.2, 0.25) is 0 Å². The number of hydrogen-bond acceptors (Lipinski definition) is 5. The van der Waals surface area contributed by atoms with Crippen molar-refractivity contribution in [2.45, 2.75) is 6.92 Å². The van der Waals surface area contributed by atoms with Gasteiger partial charge in [-0.3, -0.25) is 0 Å². The van der Waals surface area contributed by atoms with E-state index in [0.29, 0.717) is 11.0 Å². The van der Waals surface area contributed by atoms with Gasteiger partial charge >= 0.3 is 5.63 Å². The highest BCUT2D eigenvalue weighted by Crippen LogP contribution is 2.26. The van der Waals surface area contributed by atoms with E-state index in [4.69, 9.17) is 9.62 Å². The third kappa shape index (κ3) is 1.42. The summed E-state index contributed by atoms with van der Waals surface area (Å²) in [6.45, 7) is 1.40. The molecular formula is C11H9NO4. The lowest BCUT2D eigenvalue weighted by atomic mass is 10.1. The van der Waals surface area contributed by atoms with Crippen LogP contribution in [0.1, 0.15) is 12.5 Å². The van der Waals surface area contributed by atoms with Crippen LogP contribution < -0.4 is 5.63 Å². The molecule has 0 radical (unpaired) electrons. The van der Waals surface area contributed by atoms with E-state index in [1.54, 1.807) is 24.3 Å². The molecule has 0 aliphatic heterocycles. The van der Waals surface area contributed by atoms with Gasteiger partial charge in [-0.1, -0.05) is 17.3 Å². The van der Waals surface area contributed by atoms with Gasteiger partial charge in [-0.15, -0.1) is 0 Å². The van der Waals surface area contributed by atoms with Gasteiger partial charge in [0.1, 0.15) is 16.9 Å². The maximum absolute atomic E-state index is 11.5. The van der Waals surface area contributed by atoms with Gasteiger partial charge in [0.15, 0.2) is 0 Å². The van der Waals surface area contributed by atoms with Crippen molar-refractivity contribution in [1.29, 1.82) is 0 Å². The summed E-state index contributed by atoms with van der Waals surface area (Å²) in [6, 6.07) is 6.59. The van der Waals surface area contributed by atoms with Crippen molar-refractivity contribution in [3.63, 3.8) is 0 Å². The summed E-state index contributed by atoms with van der Waals surface area (Å²) in [5.41, 5.74) is -0.552. The molecule has 1 aromatic heterocycles. The monoisotopic (exact) mass is 219 g/mol. The molecule has 0 atom stereocenters. The molecule has 1 heterocycles. The van der Waals surface area contributed by atoms with Crippen molar-refractivity contribution in [3.05, 3.63) is 40.2 Å². The van der Waals surface area contributed by atoms with Crippen molar-refractivity contribution in [2.75, 3.05) is 0 Å². The van der Waals surface area contributed by atoms with Gasteiger partial charge in [0, 0.05) is 0 Å². The minimum Gasteiger partial charge on any atom is -0.506 e. The van der Waals surface area contributed by atoms with Gasteiger partial charge in [0.05, 0.1) is 11.1 Å². The van der Waals surface area contributed by atoms with Crippen LogP contribution >= 0.6 is 0 Å². The van der Waals surface area contributed by atoms with E-state index >= 15 is 0 Å². The molecule has 5 nitrogen and oxygen atoms in total. The standard InChI is InChI=1S/C11H9NO4/c1-6(12-15)9-10(13)7-4-2-3-5-8(7)16-11(9)14/h2-5,13,15H,1H3/b12-6+. The van der Waals surface area contributed by atoms with Crippen LogP contribution in [-0.2, 0) is 0 Å². The van der Waals surface area contributed by atoms with Gasteiger partial charge in [0.2, 0.25) is 0 Å². The molecule has 2 aromatic rings. The Morgan fingerprint density at radius 3 is 2.75 bits per heavy atom. The van der Waals surface area contributed by atoms with E-state index in [9.17, 15) is 9.90 Å². The highest BCUT2D eigenvalue weighted by atomic mass is 16.4. The Kier molecular flexibility index (Phi) is 2.36. The minimum absolute atomic E-state index is 0.0111. The number of aromatic hydroxyl groups is 1. The molecule has 1 aromatic carbocycles. The largest absolute Gasteiger partial charge is 0.506 e. The third-order valence-corrected chi connectivity index (χ3v) is 2.30. The van der Waals surface area contributed by atoms with E-state index in [0.717, 1.165) is 0 Å². The Bertz CT molecular complexity index is 627. The zero-order valence-electron chi connectivity index (χ0n) is 8.47. The summed E-state index contributed by atoms with van der Waals surface area (Å²) < 4.78 is 4.99. The van der Waals surface area contributed by atoms with Crippen LogP contribution in [0.3, 0.4) is 0 Å². The van der Waals surface area contributed by atoms with Crippen molar-refractivity contribution in [1.82, 2.24) is 0 Å². The number of oxime groups is 1. The maximum atomic E-state index is 11.5. The second-order valence-corrected chi connectivity index (χ2v) is 3.29. The van der Waals surface area contributed by atoms with Gasteiger partial charge in [0.25, 0.3) is 0 Å². The summed E-state index contributed by atoms with van der Waals surface area (Å²) in [5.74, 6) is -0.234. The fourth-order valence-electron chi connectivity index (χ4n) is 1.50. The Morgan fingerprint density at radius 1 is 1.38 bits per heavy atom. The van der Waals surface area contributed by atoms with Crippen LogP contribution in [0.15, 0.2) is 38.6 Å².